The van der Waals surface area contributed by atoms with E-state index in [1.165, 1.54) is 5.56 Å². The molecule has 1 N–H and O–H groups in total. The molecule has 1 aromatic heterocycles. The standard InChI is InChI=1S/C14H16N2O/c1-4-11-6-5-7-12(8-11)13-9(2)14(17)16-10(3)15-13/h5-8H,4H2,1-3H3,(H,15,16,17). The van der Waals surface area contributed by atoms with E-state index in [0.29, 0.717) is 11.4 Å². The molecule has 0 saturated carbocycles. The van der Waals surface area contributed by atoms with E-state index in [4.69, 9.17) is 0 Å². The molecule has 0 aliphatic carbocycles. The highest BCUT2D eigenvalue weighted by Crippen LogP contribution is 2.20. The average Bonchev–Trinajstić information content (AvgIpc) is 2.34. The molecule has 0 unspecified atom stereocenters. The van der Waals surface area contributed by atoms with Crippen molar-refractivity contribution in [3.8, 4) is 11.3 Å². The van der Waals surface area contributed by atoms with Gasteiger partial charge in [-0.25, -0.2) is 4.98 Å². The summed E-state index contributed by atoms with van der Waals surface area (Å²) in [5, 5.41) is 0. The maximum atomic E-state index is 11.7. The Labute approximate surface area is 101 Å². The number of hydrogen-bond donors (Lipinski definition) is 1. The van der Waals surface area contributed by atoms with Crippen LogP contribution in [0.15, 0.2) is 29.1 Å². The minimum atomic E-state index is -0.0607. The van der Waals surface area contributed by atoms with Gasteiger partial charge in [0.2, 0.25) is 0 Å². The van der Waals surface area contributed by atoms with Crippen LogP contribution >= 0.6 is 0 Å². The number of benzene rings is 1. The van der Waals surface area contributed by atoms with Crippen LogP contribution in [-0.4, -0.2) is 9.97 Å². The summed E-state index contributed by atoms with van der Waals surface area (Å²) in [5.41, 5.74) is 3.65. The van der Waals surface area contributed by atoms with E-state index in [9.17, 15) is 4.79 Å². The topological polar surface area (TPSA) is 45.8 Å². The van der Waals surface area contributed by atoms with Crippen LogP contribution in [-0.2, 0) is 6.42 Å². The summed E-state index contributed by atoms with van der Waals surface area (Å²) in [6, 6.07) is 8.17. The lowest BCUT2D eigenvalue weighted by atomic mass is 10.0. The maximum Gasteiger partial charge on any atom is 0.254 e. The molecule has 88 valence electrons. The van der Waals surface area contributed by atoms with Gasteiger partial charge in [0.25, 0.3) is 5.56 Å². The van der Waals surface area contributed by atoms with Crippen molar-refractivity contribution in [2.75, 3.05) is 0 Å². The van der Waals surface area contributed by atoms with Crippen molar-refractivity contribution in [2.24, 2.45) is 0 Å². The number of rotatable bonds is 2. The van der Waals surface area contributed by atoms with Crippen molar-refractivity contribution in [2.45, 2.75) is 27.2 Å². The highest BCUT2D eigenvalue weighted by Gasteiger charge is 2.08. The third kappa shape index (κ3) is 2.28. The van der Waals surface area contributed by atoms with Gasteiger partial charge >= 0.3 is 0 Å². The van der Waals surface area contributed by atoms with Crippen molar-refractivity contribution in [1.82, 2.24) is 9.97 Å². The van der Waals surface area contributed by atoms with E-state index in [-0.39, 0.29) is 5.56 Å². The fourth-order valence-electron chi connectivity index (χ4n) is 1.86. The predicted octanol–water partition coefficient (Wildman–Crippen LogP) is 2.62. The minimum absolute atomic E-state index is 0.0607. The Morgan fingerprint density at radius 2 is 2.06 bits per heavy atom. The summed E-state index contributed by atoms with van der Waals surface area (Å²) < 4.78 is 0. The van der Waals surface area contributed by atoms with Gasteiger partial charge in [-0.2, -0.15) is 0 Å². The zero-order valence-electron chi connectivity index (χ0n) is 10.4. The Bertz CT molecular complexity index is 599. The smallest absolute Gasteiger partial charge is 0.254 e. The minimum Gasteiger partial charge on any atom is -0.311 e. The molecule has 3 nitrogen and oxygen atoms in total. The van der Waals surface area contributed by atoms with E-state index in [0.717, 1.165) is 17.7 Å². The number of nitrogens with one attached hydrogen (secondary N) is 1. The monoisotopic (exact) mass is 228 g/mol. The van der Waals surface area contributed by atoms with Gasteiger partial charge in [-0.3, -0.25) is 4.79 Å². The molecule has 0 aliphatic heterocycles. The van der Waals surface area contributed by atoms with Crippen molar-refractivity contribution < 1.29 is 0 Å². The number of aromatic nitrogens is 2. The van der Waals surface area contributed by atoms with Gasteiger partial charge in [0.1, 0.15) is 5.82 Å². The lowest BCUT2D eigenvalue weighted by Gasteiger charge is -2.07. The molecule has 17 heavy (non-hydrogen) atoms. The molecule has 2 rings (SSSR count). The van der Waals surface area contributed by atoms with Crippen LogP contribution < -0.4 is 5.56 Å². The molecule has 0 radical (unpaired) electrons. The van der Waals surface area contributed by atoms with Crippen molar-refractivity contribution in [3.05, 3.63) is 51.6 Å². The molecule has 1 heterocycles. The van der Waals surface area contributed by atoms with Crippen molar-refractivity contribution in [1.29, 1.82) is 0 Å². The molecule has 0 fully saturated rings. The lowest BCUT2D eigenvalue weighted by molar-refractivity contribution is 0.998. The van der Waals surface area contributed by atoms with Gasteiger partial charge in [-0.1, -0.05) is 25.1 Å². The maximum absolute atomic E-state index is 11.7. The first-order valence-corrected chi connectivity index (χ1v) is 5.78. The SMILES string of the molecule is CCc1cccc(-c2nc(C)[nH]c(=O)c2C)c1. The molecule has 0 amide bonds. The van der Waals surface area contributed by atoms with E-state index < -0.39 is 0 Å². The second kappa shape index (κ2) is 4.53. The second-order valence-corrected chi connectivity index (χ2v) is 4.18. The predicted molar refractivity (Wildman–Crippen MR) is 69.1 cm³/mol. The number of hydrogen-bond acceptors (Lipinski definition) is 2. The first-order valence-electron chi connectivity index (χ1n) is 5.78. The Morgan fingerprint density at radius 3 is 2.76 bits per heavy atom. The molecular formula is C14H16N2O. The summed E-state index contributed by atoms with van der Waals surface area (Å²) >= 11 is 0. The highest BCUT2D eigenvalue weighted by molar-refractivity contribution is 5.63. The van der Waals surface area contributed by atoms with Crippen LogP contribution in [0.4, 0.5) is 0 Å². The molecule has 0 bridgehead atoms. The summed E-state index contributed by atoms with van der Waals surface area (Å²) in [6.45, 7) is 5.72. The first kappa shape index (κ1) is 11.6. The van der Waals surface area contributed by atoms with Gasteiger partial charge in [-0.15, -0.1) is 0 Å². The molecule has 0 spiro atoms. The quantitative estimate of drug-likeness (QED) is 0.858. The molecule has 0 atom stereocenters. The highest BCUT2D eigenvalue weighted by atomic mass is 16.1. The Balaban J connectivity index is 2.63. The third-order valence-electron chi connectivity index (χ3n) is 2.88. The van der Waals surface area contributed by atoms with Gasteiger partial charge < -0.3 is 4.98 Å². The van der Waals surface area contributed by atoms with Crippen LogP contribution in [0.3, 0.4) is 0 Å². The molecule has 3 heteroatoms. The fourth-order valence-corrected chi connectivity index (χ4v) is 1.86. The summed E-state index contributed by atoms with van der Waals surface area (Å²) in [7, 11) is 0. The Hall–Kier alpha value is -1.90. The lowest BCUT2D eigenvalue weighted by Crippen LogP contribution is -2.14. The number of nitrogens with zero attached hydrogens (tertiary/aromatic N) is 1. The van der Waals surface area contributed by atoms with Gasteiger partial charge in [-0.05, 0) is 31.9 Å². The average molecular weight is 228 g/mol. The summed E-state index contributed by atoms with van der Waals surface area (Å²) in [6.07, 6.45) is 0.981. The van der Waals surface area contributed by atoms with Crippen LogP contribution in [0.5, 0.6) is 0 Å². The van der Waals surface area contributed by atoms with Crippen LogP contribution in [0.1, 0.15) is 23.9 Å². The van der Waals surface area contributed by atoms with Crippen LogP contribution in [0.2, 0.25) is 0 Å². The van der Waals surface area contributed by atoms with E-state index in [2.05, 4.69) is 29.0 Å². The first-order chi connectivity index (χ1) is 8.11. The number of H-pyrrole nitrogens is 1. The van der Waals surface area contributed by atoms with Gasteiger partial charge in [0.15, 0.2) is 0 Å². The van der Waals surface area contributed by atoms with E-state index >= 15 is 0 Å². The summed E-state index contributed by atoms with van der Waals surface area (Å²) in [5.74, 6) is 0.650. The molecule has 1 aromatic carbocycles. The Kier molecular flexibility index (Phi) is 3.09. The zero-order valence-corrected chi connectivity index (χ0v) is 10.4. The van der Waals surface area contributed by atoms with E-state index in [1.54, 1.807) is 13.8 Å². The second-order valence-electron chi connectivity index (χ2n) is 4.18. The third-order valence-corrected chi connectivity index (χ3v) is 2.88. The van der Waals surface area contributed by atoms with E-state index in [1.807, 2.05) is 12.1 Å². The molecular weight excluding hydrogens is 212 g/mol. The summed E-state index contributed by atoms with van der Waals surface area (Å²) in [4.78, 5) is 18.8. The molecule has 2 aromatic rings. The van der Waals surface area contributed by atoms with Crippen LogP contribution in [0.25, 0.3) is 11.3 Å². The Morgan fingerprint density at radius 1 is 1.29 bits per heavy atom. The zero-order chi connectivity index (χ0) is 12.4. The van der Waals surface area contributed by atoms with Gasteiger partial charge in [0.05, 0.1) is 5.69 Å². The molecule has 0 saturated heterocycles. The normalized spacial score (nSPS) is 10.5. The number of aryl methyl sites for hydroxylation is 2. The largest absolute Gasteiger partial charge is 0.311 e. The van der Waals surface area contributed by atoms with Gasteiger partial charge in [0, 0.05) is 11.1 Å². The van der Waals surface area contributed by atoms with Crippen molar-refractivity contribution >= 4 is 0 Å². The fraction of sp³-hybridized carbons (Fsp3) is 0.286. The number of aromatic amines is 1. The van der Waals surface area contributed by atoms with Crippen molar-refractivity contribution in [3.63, 3.8) is 0 Å². The molecule has 0 aliphatic rings. The van der Waals surface area contributed by atoms with Crippen LogP contribution in [0, 0.1) is 13.8 Å².